The number of nitrogens with one attached hydrogen (secondary N) is 1. The lowest BCUT2D eigenvalue weighted by Gasteiger charge is -2.20. The summed E-state index contributed by atoms with van der Waals surface area (Å²) in [5.41, 5.74) is 0.510. The monoisotopic (exact) mass is 432 g/mol. The van der Waals surface area contributed by atoms with Crippen molar-refractivity contribution >= 4 is 21.6 Å². The summed E-state index contributed by atoms with van der Waals surface area (Å²) in [6.07, 6.45) is 3.16. The van der Waals surface area contributed by atoms with Crippen molar-refractivity contribution in [3.8, 4) is 11.5 Å². The number of rotatable bonds is 7. The Labute approximate surface area is 178 Å². The maximum absolute atomic E-state index is 12.8. The third kappa shape index (κ3) is 5.52. The van der Waals surface area contributed by atoms with E-state index in [9.17, 15) is 13.2 Å². The molecule has 1 amide bonds. The van der Waals surface area contributed by atoms with E-state index in [1.807, 2.05) is 0 Å². The van der Waals surface area contributed by atoms with Gasteiger partial charge in [-0.05, 0) is 56.2 Å². The summed E-state index contributed by atoms with van der Waals surface area (Å²) in [6, 6.07) is 13.3. The minimum Gasteiger partial charge on any atom is -0.497 e. The van der Waals surface area contributed by atoms with Crippen LogP contribution in [0.2, 0.25) is 0 Å². The van der Waals surface area contributed by atoms with Crippen LogP contribution in [0.1, 0.15) is 32.6 Å². The Morgan fingerprint density at radius 1 is 1.00 bits per heavy atom. The Balaban J connectivity index is 1.62. The van der Waals surface area contributed by atoms with Gasteiger partial charge in [0.2, 0.25) is 10.0 Å². The average molecular weight is 433 g/mol. The van der Waals surface area contributed by atoms with E-state index in [1.165, 1.54) is 12.1 Å². The number of ether oxygens (including phenoxy) is 2. The van der Waals surface area contributed by atoms with Crippen LogP contribution >= 0.6 is 0 Å². The molecular formula is C22H28N2O5S. The Morgan fingerprint density at radius 2 is 1.63 bits per heavy atom. The maximum Gasteiger partial charge on any atom is 0.265 e. The minimum absolute atomic E-state index is 0.239. The Morgan fingerprint density at radius 3 is 2.27 bits per heavy atom. The SMILES string of the molecule is COc1cccc(O[C@@H](C)C(=O)Nc2ccc(S(=O)(=O)N3CCCCCC3)cc2)c1. The van der Waals surface area contributed by atoms with E-state index in [1.54, 1.807) is 54.7 Å². The third-order valence-corrected chi connectivity index (χ3v) is 6.96. The third-order valence-electron chi connectivity index (χ3n) is 5.05. The number of anilines is 1. The van der Waals surface area contributed by atoms with Crippen LogP contribution in [0.15, 0.2) is 53.4 Å². The van der Waals surface area contributed by atoms with Gasteiger partial charge in [0.15, 0.2) is 6.10 Å². The van der Waals surface area contributed by atoms with Gasteiger partial charge >= 0.3 is 0 Å². The normalized spacial score (nSPS) is 16.3. The van der Waals surface area contributed by atoms with Crippen molar-refractivity contribution in [2.45, 2.75) is 43.6 Å². The number of hydrogen-bond acceptors (Lipinski definition) is 5. The Kier molecular flexibility index (Phi) is 7.33. The van der Waals surface area contributed by atoms with Crippen LogP contribution in [-0.4, -0.2) is 44.9 Å². The molecule has 162 valence electrons. The van der Waals surface area contributed by atoms with Crippen LogP contribution < -0.4 is 14.8 Å². The molecule has 0 unspecified atom stereocenters. The number of amides is 1. The molecule has 2 aromatic rings. The minimum atomic E-state index is -3.51. The molecule has 7 nitrogen and oxygen atoms in total. The summed E-state index contributed by atoms with van der Waals surface area (Å²) in [6.45, 7) is 2.76. The lowest BCUT2D eigenvalue weighted by molar-refractivity contribution is -0.122. The molecule has 1 atom stereocenters. The van der Waals surface area contributed by atoms with Crippen molar-refractivity contribution in [1.29, 1.82) is 0 Å². The predicted octanol–water partition coefficient (Wildman–Crippen LogP) is 3.67. The first-order valence-electron chi connectivity index (χ1n) is 10.1. The number of methoxy groups -OCH3 is 1. The van der Waals surface area contributed by atoms with Crippen molar-refractivity contribution in [2.24, 2.45) is 0 Å². The number of nitrogens with zero attached hydrogens (tertiary/aromatic N) is 1. The first-order chi connectivity index (χ1) is 14.4. The standard InChI is InChI=1S/C22H28N2O5S/c1-17(29-20-9-7-8-19(16-20)28-2)22(25)23-18-10-12-21(13-11-18)30(26,27)24-14-5-3-4-6-15-24/h7-13,16-17H,3-6,14-15H2,1-2H3,(H,23,25)/t17-/m0/s1. The molecule has 0 aliphatic carbocycles. The molecule has 2 aromatic carbocycles. The lowest BCUT2D eigenvalue weighted by Crippen LogP contribution is -2.32. The predicted molar refractivity (Wildman–Crippen MR) is 115 cm³/mol. The number of carbonyl (C=O) groups excluding carboxylic acids is 1. The fraction of sp³-hybridized carbons (Fsp3) is 0.409. The van der Waals surface area contributed by atoms with Crippen LogP contribution in [0.3, 0.4) is 0 Å². The van der Waals surface area contributed by atoms with Crippen molar-refractivity contribution in [3.63, 3.8) is 0 Å². The summed E-state index contributed by atoms with van der Waals surface area (Å²) in [5, 5.41) is 2.76. The highest BCUT2D eigenvalue weighted by Gasteiger charge is 2.25. The molecule has 8 heteroatoms. The highest BCUT2D eigenvalue weighted by Crippen LogP contribution is 2.23. The maximum atomic E-state index is 12.8. The van der Waals surface area contributed by atoms with E-state index in [0.717, 1.165) is 25.7 Å². The van der Waals surface area contributed by atoms with Crippen molar-refractivity contribution in [2.75, 3.05) is 25.5 Å². The number of sulfonamides is 1. The fourth-order valence-electron chi connectivity index (χ4n) is 3.32. The highest BCUT2D eigenvalue weighted by molar-refractivity contribution is 7.89. The molecule has 1 fully saturated rings. The first kappa shape index (κ1) is 22.1. The quantitative estimate of drug-likeness (QED) is 0.722. The summed E-state index contributed by atoms with van der Waals surface area (Å²) in [5.74, 6) is 0.832. The lowest BCUT2D eigenvalue weighted by atomic mass is 10.2. The van der Waals surface area contributed by atoms with E-state index in [2.05, 4.69) is 5.32 Å². The summed E-state index contributed by atoms with van der Waals surface area (Å²) >= 11 is 0. The zero-order chi connectivity index (χ0) is 21.6. The number of carbonyl (C=O) groups is 1. The van der Waals surface area contributed by atoms with Crippen LogP contribution in [0, 0.1) is 0 Å². The van der Waals surface area contributed by atoms with Gasteiger partial charge in [-0.2, -0.15) is 4.31 Å². The largest absolute Gasteiger partial charge is 0.497 e. The van der Waals surface area contributed by atoms with E-state index < -0.39 is 16.1 Å². The summed E-state index contributed by atoms with van der Waals surface area (Å²) in [7, 11) is -1.95. The molecule has 1 aliphatic rings. The van der Waals surface area contributed by atoms with Crippen molar-refractivity contribution in [3.05, 3.63) is 48.5 Å². The van der Waals surface area contributed by atoms with Gasteiger partial charge in [-0.15, -0.1) is 0 Å². The molecular weight excluding hydrogens is 404 g/mol. The molecule has 0 aromatic heterocycles. The fourth-order valence-corrected chi connectivity index (χ4v) is 4.83. The van der Waals surface area contributed by atoms with Crippen molar-refractivity contribution in [1.82, 2.24) is 4.31 Å². The van der Waals surface area contributed by atoms with E-state index >= 15 is 0 Å². The molecule has 3 rings (SSSR count). The molecule has 1 saturated heterocycles. The van der Waals surface area contributed by atoms with E-state index in [-0.39, 0.29) is 10.8 Å². The molecule has 30 heavy (non-hydrogen) atoms. The van der Waals surface area contributed by atoms with E-state index in [4.69, 9.17) is 9.47 Å². The molecule has 0 saturated carbocycles. The molecule has 1 heterocycles. The van der Waals surface area contributed by atoms with Gasteiger partial charge < -0.3 is 14.8 Å². The van der Waals surface area contributed by atoms with Gasteiger partial charge in [0.25, 0.3) is 5.91 Å². The van der Waals surface area contributed by atoms with Gasteiger partial charge in [-0.1, -0.05) is 18.9 Å². The second-order valence-corrected chi connectivity index (χ2v) is 9.21. The average Bonchev–Trinajstić information content (AvgIpc) is 3.04. The smallest absolute Gasteiger partial charge is 0.265 e. The van der Waals surface area contributed by atoms with Gasteiger partial charge in [0.1, 0.15) is 11.5 Å². The van der Waals surface area contributed by atoms with E-state index in [0.29, 0.717) is 30.3 Å². The van der Waals surface area contributed by atoms with Crippen LogP contribution in [0.5, 0.6) is 11.5 Å². The van der Waals surface area contributed by atoms with Gasteiger partial charge in [0, 0.05) is 24.8 Å². The molecule has 0 bridgehead atoms. The molecule has 1 N–H and O–H groups in total. The summed E-state index contributed by atoms with van der Waals surface area (Å²) < 4.78 is 38.1. The summed E-state index contributed by atoms with van der Waals surface area (Å²) in [4.78, 5) is 12.7. The Bertz CT molecular complexity index is 952. The molecule has 0 radical (unpaired) electrons. The van der Waals surface area contributed by atoms with Gasteiger partial charge in [0.05, 0.1) is 12.0 Å². The number of benzene rings is 2. The second-order valence-electron chi connectivity index (χ2n) is 7.27. The van der Waals surface area contributed by atoms with Crippen molar-refractivity contribution < 1.29 is 22.7 Å². The van der Waals surface area contributed by atoms with Crippen LogP contribution in [-0.2, 0) is 14.8 Å². The van der Waals surface area contributed by atoms with Crippen LogP contribution in [0.4, 0.5) is 5.69 Å². The zero-order valence-corrected chi connectivity index (χ0v) is 18.2. The van der Waals surface area contributed by atoms with Crippen LogP contribution in [0.25, 0.3) is 0 Å². The molecule has 1 aliphatic heterocycles. The first-order valence-corrected chi connectivity index (χ1v) is 11.6. The highest BCUT2D eigenvalue weighted by atomic mass is 32.2. The second kappa shape index (κ2) is 9.95. The number of hydrogen-bond donors (Lipinski definition) is 1. The Hall–Kier alpha value is -2.58. The van der Waals surface area contributed by atoms with Gasteiger partial charge in [-0.3, -0.25) is 4.79 Å². The van der Waals surface area contributed by atoms with Gasteiger partial charge in [-0.25, -0.2) is 8.42 Å². The topological polar surface area (TPSA) is 84.9 Å². The molecule has 0 spiro atoms. The zero-order valence-electron chi connectivity index (χ0n) is 17.3.